The first-order valence-electron chi connectivity index (χ1n) is 6.53. The van der Waals surface area contributed by atoms with E-state index in [1.165, 1.54) is 0 Å². The number of hydrogen-bond donors (Lipinski definition) is 2. The summed E-state index contributed by atoms with van der Waals surface area (Å²) in [5.41, 5.74) is -0.450. The zero-order valence-corrected chi connectivity index (χ0v) is 10.9. The number of nitrogens with one attached hydrogen (secondary N) is 1. The number of fused-ring (bicyclic) bond motifs is 1. The second-order valence-electron chi connectivity index (χ2n) is 6.23. The molecule has 4 heteroatoms. The van der Waals surface area contributed by atoms with E-state index < -0.39 is 5.60 Å². The highest BCUT2D eigenvalue weighted by Crippen LogP contribution is 2.36. The van der Waals surface area contributed by atoms with Crippen molar-refractivity contribution in [3.05, 3.63) is 0 Å². The summed E-state index contributed by atoms with van der Waals surface area (Å²) < 4.78 is 5.43. The molecule has 4 atom stereocenters. The minimum absolute atomic E-state index is 0.0404. The monoisotopic (exact) mass is 241 g/mol. The maximum absolute atomic E-state index is 12.1. The van der Waals surface area contributed by atoms with Crippen molar-refractivity contribution in [3.63, 3.8) is 0 Å². The molecule has 0 radical (unpaired) electrons. The number of aliphatic hydroxyl groups is 1. The summed E-state index contributed by atoms with van der Waals surface area (Å²) >= 11 is 0. The van der Waals surface area contributed by atoms with Crippen LogP contribution in [0.15, 0.2) is 0 Å². The maximum atomic E-state index is 12.1. The van der Waals surface area contributed by atoms with Crippen LogP contribution in [0.2, 0.25) is 0 Å². The first-order valence-corrected chi connectivity index (χ1v) is 6.53. The van der Waals surface area contributed by atoms with Crippen LogP contribution in [0.3, 0.4) is 0 Å². The van der Waals surface area contributed by atoms with E-state index in [-0.39, 0.29) is 30.0 Å². The lowest BCUT2D eigenvalue weighted by Gasteiger charge is -2.33. The highest BCUT2D eigenvalue weighted by Gasteiger charge is 2.46. The Hall–Kier alpha value is -0.610. The van der Waals surface area contributed by atoms with Gasteiger partial charge >= 0.3 is 5.97 Å². The molecule has 1 saturated carbocycles. The molecule has 2 rings (SSSR count). The van der Waals surface area contributed by atoms with Gasteiger partial charge in [0.25, 0.3) is 0 Å². The Bertz CT molecular complexity index is 298. The van der Waals surface area contributed by atoms with Crippen LogP contribution in [0.4, 0.5) is 0 Å². The van der Waals surface area contributed by atoms with Crippen LogP contribution in [0, 0.1) is 11.8 Å². The van der Waals surface area contributed by atoms with Crippen molar-refractivity contribution >= 4 is 5.97 Å². The topological polar surface area (TPSA) is 58.6 Å². The first kappa shape index (κ1) is 12.8. The van der Waals surface area contributed by atoms with Gasteiger partial charge in [-0.3, -0.25) is 4.79 Å². The average Bonchev–Trinajstić information content (AvgIpc) is 2.60. The molecule has 0 amide bonds. The van der Waals surface area contributed by atoms with Crippen molar-refractivity contribution in [2.75, 3.05) is 6.54 Å². The molecule has 1 aliphatic heterocycles. The highest BCUT2D eigenvalue weighted by atomic mass is 16.6. The number of ether oxygens (including phenoxy) is 1. The Kier molecular flexibility index (Phi) is 3.46. The zero-order chi connectivity index (χ0) is 12.6. The molecular formula is C13H23NO3. The summed E-state index contributed by atoms with van der Waals surface area (Å²) in [6, 6.07) is 0.288. The minimum atomic E-state index is -0.450. The highest BCUT2D eigenvalue weighted by molar-refractivity contribution is 5.74. The molecule has 4 unspecified atom stereocenters. The van der Waals surface area contributed by atoms with Crippen molar-refractivity contribution in [1.29, 1.82) is 0 Å². The molecule has 1 saturated heterocycles. The van der Waals surface area contributed by atoms with Crippen LogP contribution < -0.4 is 5.32 Å². The quantitative estimate of drug-likeness (QED) is 0.674. The molecule has 1 heterocycles. The van der Waals surface area contributed by atoms with Gasteiger partial charge in [-0.25, -0.2) is 0 Å². The fraction of sp³-hybridized carbons (Fsp3) is 0.923. The number of carbonyl (C=O) groups is 1. The van der Waals surface area contributed by atoms with E-state index in [0.29, 0.717) is 6.54 Å². The van der Waals surface area contributed by atoms with E-state index in [2.05, 4.69) is 5.32 Å². The van der Waals surface area contributed by atoms with Crippen LogP contribution in [0.5, 0.6) is 0 Å². The van der Waals surface area contributed by atoms with Gasteiger partial charge in [0, 0.05) is 18.5 Å². The smallest absolute Gasteiger partial charge is 0.311 e. The van der Waals surface area contributed by atoms with Crippen molar-refractivity contribution in [3.8, 4) is 0 Å². The fourth-order valence-electron chi connectivity index (χ4n) is 3.02. The van der Waals surface area contributed by atoms with Gasteiger partial charge < -0.3 is 15.2 Å². The van der Waals surface area contributed by atoms with Crippen molar-refractivity contribution in [2.24, 2.45) is 11.8 Å². The molecule has 2 fully saturated rings. The summed E-state index contributed by atoms with van der Waals surface area (Å²) in [6.45, 7) is 6.27. The Morgan fingerprint density at radius 3 is 2.71 bits per heavy atom. The Balaban J connectivity index is 2.04. The molecular weight excluding hydrogens is 218 g/mol. The third-order valence-corrected chi connectivity index (χ3v) is 3.70. The van der Waals surface area contributed by atoms with Crippen LogP contribution in [0.25, 0.3) is 0 Å². The van der Waals surface area contributed by atoms with Crippen molar-refractivity contribution < 1.29 is 14.6 Å². The van der Waals surface area contributed by atoms with E-state index in [9.17, 15) is 9.90 Å². The molecule has 0 aromatic rings. The van der Waals surface area contributed by atoms with Gasteiger partial charge in [-0.1, -0.05) is 0 Å². The van der Waals surface area contributed by atoms with Crippen molar-refractivity contribution in [1.82, 2.24) is 5.32 Å². The summed E-state index contributed by atoms with van der Waals surface area (Å²) in [4.78, 5) is 12.1. The number of aliphatic hydroxyl groups excluding tert-OH is 1. The van der Waals surface area contributed by atoms with E-state index in [0.717, 1.165) is 19.3 Å². The molecule has 98 valence electrons. The Morgan fingerprint density at radius 1 is 1.35 bits per heavy atom. The maximum Gasteiger partial charge on any atom is 0.311 e. The van der Waals surface area contributed by atoms with Gasteiger partial charge in [0.1, 0.15) is 5.60 Å². The normalized spacial score (nSPS) is 37.6. The minimum Gasteiger partial charge on any atom is -0.460 e. The molecule has 2 N–H and O–H groups in total. The number of rotatable bonds is 1. The predicted molar refractivity (Wildman–Crippen MR) is 64.5 cm³/mol. The second-order valence-corrected chi connectivity index (χ2v) is 6.23. The van der Waals surface area contributed by atoms with Gasteiger partial charge in [0.2, 0.25) is 0 Å². The standard InChI is InChI=1S/C13H23NO3/c1-13(2,3)17-12(16)8-7-14-9-5-4-6-10(15)11(8)9/h8-11,14-15H,4-7H2,1-3H3. The van der Waals surface area contributed by atoms with Crippen molar-refractivity contribution in [2.45, 2.75) is 57.8 Å². The molecule has 1 aliphatic carbocycles. The molecule has 0 bridgehead atoms. The lowest BCUT2D eigenvalue weighted by atomic mass is 9.78. The summed E-state index contributed by atoms with van der Waals surface area (Å²) in [5.74, 6) is -0.313. The zero-order valence-electron chi connectivity index (χ0n) is 10.9. The lowest BCUT2D eigenvalue weighted by molar-refractivity contribution is -0.162. The van der Waals surface area contributed by atoms with Gasteiger partial charge in [-0.15, -0.1) is 0 Å². The Labute approximate surface area is 103 Å². The molecule has 0 spiro atoms. The van der Waals surface area contributed by atoms with Gasteiger partial charge in [0.05, 0.1) is 12.0 Å². The van der Waals surface area contributed by atoms with Gasteiger partial charge in [-0.05, 0) is 40.0 Å². The molecule has 17 heavy (non-hydrogen) atoms. The van der Waals surface area contributed by atoms with E-state index in [1.807, 2.05) is 20.8 Å². The van der Waals surface area contributed by atoms with Gasteiger partial charge in [0.15, 0.2) is 0 Å². The number of hydrogen-bond acceptors (Lipinski definition) is 4. The van der Waals surface area contributed by atoms with E-state index in [4.69, 9.17) is 4.74 Å². The van der Waals surface area contributed by atoms with E-state index >= 15 is 0 Å². The summed E-state index contributed by atoms with van der Waals surface area (Å²) in [6.07, 6.45) is 2.54. The Morgan fingerprint density at radius 2 is 2.06 bits per heavy atom. The van der Waals surface area contributed by atoms with Crippen LogP contribution in [-0.2, 0) is 9.53 Å². The van der Waals surface area contributed by atoms with E-state index in [1.54, 1.807) is 0 Å². The van der Waals surface area contributed by atoms with Crippen LogP contribution >= 0.6 is 0 Å². The number of esters is 1. The first-order chi connectivity index (χ1) is 7.88. The molecule has 4 nitrogen and oxygen atoms in total. The van der Waals surface area contributed by atoms with Crippen LogP contribution in [0.1, 0.15) is 40.0 Å². The summed E-state index contributed by atoms with van der Waals surface area (Å²) in [7, 11) is 0. The third kappa shape index (κ3) is 2.80. The predicted octanol–water partition coefficient (Wildman–Crippen LogP) is 1.08. The average molecular weight is 241 g/mol. The lowest BCUT2D eigenvalue weighted by Crippen LogP contribution is -2.42. The second kappa shape index (κ2) is 4.58. The third-order valence-electron chi connectivity index (χ3n) is 3.70. The molecule has 2 aliphatic rings. The molecule has 0 aromatic heterocycles. The largest absolute Gasteiger partial charge is 0.460 e. The summed E-state index contributed by atoms with van der Waals surface area (Å²) in [5, 5.41) is 13.4. The number of carbonyl (C=O) groups excluding carboxylic acids is 1. The fourth-order valence-corrected chi connectivity index (χ4v) is 3.02. The van der Waals surface area contributed by atoms with Crippen LogP contribution in [-0.4, -0.2) is 35.4 Å². The SMILES string of the molecule is CC(C)(C)OC(=O)C1CNC2CCCC(O)C21. The molecule has 0 aromatic carbocycles. The van der Waals surface area contributed by atoms with Gasteiger partial charge in [-0.2, -0.15) is 0 Å².